The largest absolute Gasteiger partial charge is 0.483 e. The molecule has 0 aliphatic heterocycles. The van der Waals surface area contributed by atoms with Crippen LogP contribution in [0.2, 0.25) is 0 Å². The van der Waals surface area contributed by atoms with Crippen molar-refractivity contribution in [2.24, 2.45) is 0 Å². The zero-order valence-corrected chi connectivity index (χ0v) is 11.4. The van der Waals surface area contributed by atoms with Crippen LogP contribution in [-0.4, -0.2) is 5.78 Å². The molecular formula is C17H14F2O2. The molecule has 2 aromatic rings. The highest BCUT2D eigenvalue weighted by Gasteiger charge is 2.26. The van der Waals surface area contributed by atoms with Crippen LogP contribution in [0.15, 0.2) is 36.4 Å². The number of ether oxygens (including phenoxy) is 1. The van der Waals surface area contributed by atoms with Gasteiger partial charge < -0.3 is 4.74 Å². The van der Waals surface area contributed by atoms with Gasteiger partial charge in [-0.05, 0) is 24.5 Å². The Morgan fingerprint density at radius 1 is 1.10 bits per heavy atom. The van der Waals surface area contributed by atoms with Crippen molar-refractivity contribution >= 4 is 5.78 Å². The summed E-state index contributed by atoms with van der Waals surface area (Å²) in [6.07, 6.45) is 1.37. The van der Waals surface area contributed by atoms with Gasteiger partial charge in [0, 0.05) is 17.5 Å². The van der Waals surface area contributed by atoms with E-state index in [1.54, 1.807) is 0 Å². The molecule has 0 heterocycles. The van der Waals surface area contributed by atoms with Crippen LogP contribution in [0, 0.1) is 11.6 Å². The second kappa shape index (κ2) is 5.64. The third-order valence-corrected chi connectivity index (χ3v) is 3.63. The van der Waals surface area contributed by atoms with Gasteiger partial charge in [0.15, 0.2) is 23.2 Å². The Kier molecular flexibility index (Phi) is 3.69. The fourth-order valence-corrected chi connectivity index (χ4v) is 2.56. The van der Waals surface area contributed by atoms with Crippen LogP contribution in [0.3, 0.4) is 0 Å². The first-order chi connectivity index (χ1) is 10.2. The first kappa shape index (κ1) is 13.7. The molecule has 1 aliphatic carbocycles. The molecule has 2 nitrogen and oxygen atoms in total. The Balaban J connectivity index is 1.91. The molecule has 108 valence electrons. The van der Waals surface area contributed by atoms with Gasteiger partial charge in [-0.2, -0.15) is 0 Å². The summed E-state index contributed by atoms with van der Waals surface area (Å²) >= 11 is 0. The van der Waals surface area contributed by atoms with Crippen molar-refractivity contribution in [3.05, 3.63) is 64.7 Å². The molecule has 0 aromatic heterocycles. The summed E-state index contributed by atoms with van der Waals surface area (Å²) in [4.78, 5) is 11.7. The van der Waals surface area contributed by atoms with Crippen molar-refractivity contribution in [3.63, 3.8) is 0 Å². The lowest BCUT2D eigenvalue weighted by Gasteiger charge is -2.18. The number of rotatable bonds is 3. The zero-order chi connectivity index (χ0) is 14.8. The van der Waals surface area contributed by atoms with Gasteiger partial charge in [0.1, 0.15) is 6.61 Å². The predicted octanol–water partition coefficient (Wildman–Crippen LogP) is 4.06. The van der Waals surface area contributed by atoms with E-state index >= 15 is 0 Å². The Hall–Kier alpha value is -2.23. The molecule has 0 spiro atoms. The Bertz CT molecular complexity index is 681. The number of carbonyl (C=O) groups excluding carboxylic acids is 1. The van der Waals surface area contributed by atoms with E-state index in [4.69, 9.17) is 4.74 Å². The monoisotopic (exact) mass is 288 g/mol. The maximum Gasteiger partial charge on any atom is 0.191 e. The summed E-state index contributed by atoms with van der Waals surface area (Å²) < 4.78 is 33.7. The van der Waals surface area contributed by atoms with Crippen LogP contribution >= 0.6 is 0 Å². The van der Waals surface area contributed by atoms with Crippen LogP contribution in [0.25, 0.3) is 0 Å². The average Bonchev–Trinajstić information content (AvgIpc) is 2.49. The molecule has 0 fully saturated rings. The number of halogens is 2. The van der Waals surface area contributed by atoms with Crippen LogP contribution in [-0.2, 0) is 13.0 Å². The minimum absolute atomic E-state index is 0.0847. The normalized spacial score (nSPS) is 13.9. The standard InChI is InChI=1S/C17H14F2O2/c18-14-9-13-12(7-4-8-15(13)20)16(19)17(14)21-10-11-5-2-1-3-6-11/h1-3,5-6,9H,4,7-8,10H2. The van der Waals surface area contributed by atoms with Gasteiger partial charge in [0.25, 0.3) is 0 Å². The van der Waals surface area contributed by atoms with Crippen molar-refractivity contribution in [2.45, 2.75) is 25.9 Å². The van der Waals surface area contributed by atoms with E-state index in [1.165, 1.54) is 0 Å². The van der Waals surface area contributed by atoms with E-state index in [2.05, 4.69) is 0 Å². The fraction of sp³-hybridized carbons (Fsp3) is 0.235. The Morgan fingerprint density at radius 3 is 2.62 bits per heavy atom. The summed E-state index contributed by atoms with van der Waals surface area (Å²) in [5, 5.41) is 0. The number of hydrogen-bond donors (Lipinski definition) is 0. The summed E-state index contributed by atoms with van der Waals surface area (Å²) in [5.41, 5.74) is 1.25. The summed E-state index contributed by atoms with van der Waals surface area (Å²) in [6, 6.07) is 10.2. The molecule has 0 atom stereocenters. The molecule has 21 heavy (non-hydrogen) atoms. The van der Waals surface area contributed by atoms with Gasteiger partial charge in [-0.1, -0.05) is 30.3 Å². The molecule has 0 N–H and O–H groups in total. The lowest BCUT2D eigenvalue weighted by molar-refractivity contribution is 0.0970. The summed E-state index contributed by atoms with van der Waals surface area (Å²) in [5.74, 6) is -2.16. The third-order valence-electron chi connectivity index (χ3n) is 3.63. The van der Waals surface area contributed by atoms with Gasteiger partial charge in [-0.3, -0.25) is 4.79 Å². The van der Waals surface area contributed by atoms with Crippen molar-refractivity contribution in [2.75, 3.05) is 0 Å². The highest BCUT2D eigenvalue weighted by Crippen LogP contribution is 2.32. The van der Waals surface area contributed by atoms with Crippen molar-refractivity contribution in [1.82, 2.24) is 0 Å². The lowest BCUT2D eigenvalue weighted by Crippen LogP contribution is -2.15. The van der Waals surface area contributed by atoms with E-state index in [0.29, 0.717) is 19.3 Å². The van der Waals surface area contributed by atoms with Gasteiger partial charge in [-0.15, -0.1) is 0 Å². The van der Waals surface area contributed by atoms with Crippen LogP contribution in [0.4, 0.5) is 8.78 Å². The average molecular weight is 288 g/mol. The van der Waals surface area contributed by atoms with Crippen molar-refractivity contribution in [3.8, 4) is 5.75 Å². The minimum atomic E-state index is -0.822. The number of benzene rings is 2. The lowest BCUT2D eigenvalue weighted by atomic mass is 9.90. The van der Waals surface area contributed by atoms with E-state index in [0.717, 1.165) is 11.6 Å². The highest BCUT2D eigenvalue weighted by atomic mass is 19.1. The summed E-state index contributed by atoms with van der Waals surface area (Å²) in [7, 11) is 0. The number of ketones is 1. The SMILES string of the molecule is O=C1CCCc2c1cc(F)c(OCc1ccccc1)c2F. The van der Waals surface area contributed by atoms with Gasteiger partial charge in [0.2, 0.25) is 0 Å². The van der Waals surface area contributed by atoms with E-state index in [-0.39, 0.29) is 23.5 Å². The smallest absolute Gasteiger partial charge is 0.191 e. The maximum atomic E-state index is 14.4. The fourth-order valence-electron chi connectivity index (χ4n) is 2.56. The number of carbonyl (C=O) groups is 1. The molecule has 2 aromatic carbocycles. The van der Waals surface area contributed by atoms with E-state index < -0.39 is 17.4 Å². The molecule has 0 saturated carbocycles. The van der Waals surface area contributed by atoms with Crippen molar-refractivity contribution < 1.29 is 18.3 Å². The molecule has 0 radical (unpaired) electrons. The molecule has 0 bridgehead atoms. The highest BCUT2D eigenvalue weighted by molar-refractivity contribution is 5.98. The van der Waals surface area contributed by atoms with Crippen molar-refractivity contribution in [1.29, 1.82) is 0 Å². The molecule has 0 unspecified atom stereocenters. The van der Waals surface area contributed by atoms with Gasteiger partial charge in [-0.25, -0.2) is 8.78 Å². The van der Waals surface area contributed by atoms with Crippen LogP contribution in [0.5, 0.6) is 5.75 Å². The molecule has 3 rings (SSSR count). The second-order valence-electron chi connectivity index (χ2n) is 5.08. The van der Waals surface area contributed by atoms with Crippen LogP contribution in [0.1, 0.15) is 34.3 Å². The minimum Gasteiger partial charge on any atom is -0.483 e. The van der Waals surface area contributed by atoms with E-state index in [1.807, 2.05) is 30.3 Å². The summed E-state index contributed by atoms with van der Waals surface area (Å²) in [6.45, 7) is 0.0847. The quantitative estimate of drug-likeness (QED) is 0.851. The Morgan fingerprint density at radius 2 is 1.86 bits per heavy atom. The van der Waals surface area contributed by atoms with Crippen LogP contribution < -0.4 is 4.74 Å². The zero-order valence-electron chi connectivity index (χ0n) is 11.4. The number of Topliss-reactive ketones (excluding diaryl/α,β-unsaturated/α-hetero) is 1. The molecule has 0 amide bonds. The Labute approximate surface area is 121 Å². The molecule has 0 saturated heterocycles. The second-order valence-corrected chi connectivity index (χ2v) is 5.08. The number of fused-ring (bicyclic) bond motifs is 1. The van der Waals surface area contributed by atoms with Gasteiger partial charge in [0.05, 0.1) is 0 Å². The van der Waals surface area contributed by atoms with E-state index in [9.17, 15) is 13.6 Å². The molecule has 1 aliphatic rings. The molecular weight excluding hydrogens is 274 g/mol. The molecule has 4 heteroatoms. The first-order valence-corrected chi connectivity index (χ1v) is 6.87. The predicted molar refractivity (Wildman–Crippen MR) is 74.4 cm³/mol. The number of hydrogen-bond acceptors (Lipinski definition) is 2. The third kappa shape index (κ3) is 2.66. The topological polar surface area (TPSA) is 26.3 Å². The van der Waals surface area contributed by atoms with Gasteiger partial charge >= 0.3 is 0 Å². The first-order valence-electron chi connectivity index (χ1n) is 6.87. The maximum absolute atomic E-state index is 14.4.